The van der Waals surface area contributed by atoms with Gasteiger partial charge in [-0.1, -0.05) is 89.8 Å². The van der Waals surface area contributed by atoms with Crippen LogP contribution >= 0.6 is 0 Å². The molecule has 0 atom stereocenters. The van der Waals surface area contributed by atoms with Crippen molar-refractivity contribution in [3.8, 4) is 23.0 Å². The Kier molecular flexibility index (Phi) is 14.6. The number of ether oxygens (including phenoxy) is 2. The van der Waals surface area contributed by atoms with Gasteiger partial charge in [0.2, 0.25) is 0 Å². The fourth-order valence-electron chi connectivity index (χ4n) is 3.62. The minimum absolute atomic E-state index is 0.0284. The Labute approximate surface area is 232 Å². The van der Waals surface area contributed by atoms with Crippen LogP contribution in [0, 0.1) is 26.8 Å². The molecule has 0 aliphatic heterocycles. The summed E-state index contributed by atoms with van der Waals surface area (Å²) in [6, 6.07) is 19.5. The van der Waals surface area contributed by atoms with E-state index in [9.17, 15) is 0 Å². The monoisotopic (exact) mass is 546 g/mol. The van der Waals surface area contributed by atoms with Crippen molar-refractivity contribution < 1.29 is 54.2 Å². The van der Waals surface area contributed by atoms with Gasteiger partial charge in [0.05, 0.1) is 5.75 Å². The van der Waals surface area contributed by atoms with Gasteiger partial charge in [-0.3, -0.25) is 21.0 Å². The zero-order chi connectivity index (χ0) is 29.0. The average molecular weight is 546 g/mol. The van der Waals surface area contributed by atoms with Gasteiger partial charge in [0.25, 0.3) is 0 Å². The van der Waals surface area contributed by atoms with Gasteiger partial charge in [0.1, 0.15) is 11.5 Å². The van der Waals surface area contributed by atoms with E-state index in [2.05, 4.69) is 105 Å². The van der Waals surface area contributed by atoms with E-state index in [1.807, 2.05) is 12.1 Å². The Morgan fingerprint density at radius 3 is 1.57 bits per heavy atom. The molecule has 0 bridgehead atoms. The van der Waals surface area contributed by atoms with Gasteiger partial charge >= 0.3 is 23.7 Å². The minimum atomic E-state index is -0.0384. The van der Waals surface area contributed by atoms with Gasteiger partial charge in [-0.05, 0) is 41.4 Å². The third-order valence-corrected chi connectivity index (χ3v) is 5.43. The molecule has 0 amide bonds. The molecule has 200 valence electrons. The number of hydrogen-bond acceptors (Lipinski definition) is 7. The number of para-hydroxylation sites is 2. The van der Waals surface area contributed by atoms with Crippen LogP contribution in [0.4, 0.5) is 0 Å². The number of hydrogen-bond donors (Lipinski definition) is 4. The first kappa shape index (κ1) is 34.5. The standard InChI is InChI=1S/C29H34O2.2H2O2.O.Ti/c1-19-16-17-22(30-26-20(2)12-10-14-23(26)28(4,5)6)18-25(19)31-27-21(3)13-11-15-24(27)29(7,8)9;2*1-2;;/h10-15,17-18H,1H2,2-9H3;2*1-2H;;/q-2;;;;+2. The molecule has 0 radical (unpaired) electrons. The Morgan fingerprint density at radius 1 is 0.757 bits per heavy atom. The zero-order valence-electron chi connectivity index (χ0n) is 22.8. The Balaban J connectivity index is 0.00000201. The Bertz CT molecular complexity index is 1120. The molecule has 0 aliphatic carbocycles. The predicted octanol–water partition coefficient (Wildman–Crippen LogP) is 8.38. The van der Waals surface area contributed by atoms with Crippen LogP contribution in [-0.2, 0) is 34.6 Å². The van der Waals surface area contributed by atoms with Crippen LogP contribution in [0.15, 0.2) is 48.5 Å². The first-order valence-electron chi connectivity index (χ1n) is 11.4. The van der Waals surface area contributed by atoms with E-state index in [1.165, 1.54) is 5.56 Å². The van der Waals surface area contributed by atoms with Gasteiger partial charge in [-0.15, -0.1) is 6.07 Å². The van der Waals surface area contributed by atoms with Crippen molar-refractivity contribution >= 4 is 0 Å². The first-order valence-corrected chi connectivity index (χ1v) is 12.1. The van der Waals surface area contributed by atoms with E-state index in [4.69, 9.17) is 33.8 Å². The van der Waals surface area contributed by atoms with Gasteiger partial charge in [-0.25, -0.2) is 0 Å². The molecule has 3 aromatic carbocycles. The van der Waals surface area contributed by atoms with E-state index in [0.717, 1.165) is 48.6 Å². The van der Waals surface area contributed by atoms with Crippen molar-refractivity contribution in [3.63, 3.8) is 0 Å². The van der Waals surface area contributed by atoms with Crippen molar-refractivity contribution in [1.29, 1.82) is 0 Å². The number of benzene rings is 3. The van der Waals surface area contributed by atoms with E-state index in [-0.39, 0.29) is 10.8 Å². The third-order valence-electron chi connectivity index (χ3n) is 5.43. The van der Waals surface area contributed by atoms with E-state index in [0.29, 0.717) is 17.1 Å². The summed E-state index contributed by atoms with van der Waals surface area (Å²) in [6.45, 7) is 21.4. The summed E-state index contributed by atoms with van der Waals surface area (Å²) in [5.41, 5.74) is 5.16. The van der Waals surface area contributed by atoms with E-state index in [1.54, 1.807) is 0 Å². The molecule has 0 fully saturated rings. The number of rotatable bonds is 4. The summed E-state index contributed by atoms with van der Waals surface area (Å²) in [6.07, 6.45) is 0. The van der Waals surface area contributed by atoms with Crippen LogP contribution < -0.4 is 9.47 Å². The predicted molar refractivity (Wildman–Crippen MR) is 141 cm³/mol. The molecule has 4 N–H and O–H groups in total. The van der Waals surface area contributed by atoms with Crippen LogP contribution in [0.5, 0.6) is 23.0 Å². The Hall–Kier alpha value is -2.52. The second-order valence-corrected chi connectivity index (χ2v) is 10.3. The van der Waals surface area contributed by atoms with Crippen molar-refractivity contribution in [1.82, 2.24) is 0 Å². The van der Waals surface area contributed by atoms with Gasteiger partial charge in [-0.2, -0.15) is 0 Å². The maximum absolute atomic E-state index is 8.25. The van der Waals surface area contributed by atoms with Crippen LogP contribution in [0.25, 0.3) is 0 Å². The molecule has 7 nitrogen and oxygen atoms in total. The first-order chi connectivity index (χ1) is 17.4. The fourth-order valence-corrected chi connectivity index (χ4v) is 3.62. The average Bonchev–Trinajstić information content (AvgIpc) is 2.86. The molecule has 8 heteroatoms. The third kappa shape index (κ3) is 9.70. The summed E-state index contributed by atoms with van der Waals surface area (Å²) >= 11 is 0.750. The van der Waals surface area contributed by atoms with Crippen LogP contribution in [0.3, 0.4) is 0 Å². The molecule has 3 aromatic rings. The van der Waals surface area contributed by atoms with Gasteiger partial charge in [0.15, 0.2) is 0 Å². The molecule has 0 saturated carbocycles. The Morgan fingerprint density at radius 2 is 1.16 bits per heavy atom. The molecule has 0 saturated heterocycles. The zero-order valence-corrected chi connectivity index (χ0v) is 24.4. The summed E-state index contributed by atoms with van der Waals surface area (Å²) < 4.78 is 21.1. The summed E-state index contributed by atoms with van der Waals surface area (Å²) in [7, 11) is 0. The van der Waals surface area contributed by atoms with Crippen LogP contribution in [-0.4, -0.2) is 21.0 Å². The molecular formula is C29H38O7Ti. The molecule has 3 rings (SSSR count). The van der Waals surface area contributed by atoms with Crippen LogP contribution in [0.2, 0.25) is 0 Å². The summed E-state index contributed by atoms with van der Waals surface area (Å²) in [5.74, 6) is 3.10. The SMILES string of the molecule is OO.OO.[CH2-]c1[c-]cc(Oc2c(C)cccc2C(C)(C)C)cc1Oc1c(C)cccc1C(C)(C)C.[O]=[Ti+2]. The molecule has 0 unspecified atom stereocenters. The van der Waals surface area contributed by atoms with Crippen molar-refractivity contribution in [3.05, 3.63) is 89.3 Å². The van der Waals surface area contributed by atoms with Crippen molar-refractivity contribution in [2.45, 2.75) is 66.2 Å². The second-order valence-electron chi connectivity index (χ2n) is 10.3. The molecule has 0 spiro atoms. The van der Waals surface area contributed by atoms with Crippen molar-refractivity contribution in [2.24, 2.45) is 0 Å². The normalized spacial score (nSPS) is 10.5. The molecule has 0 aromatic heterocycles. The van der Waals surface area contributed by atoms with Crippen LogP contribution in [0.1, 0.15) is 69.4 Å². The summed E-state index contributed by atoms with van der Waals surface area (Å²) in [4.78, 5) is 0. The molecule has 37 heavy (non-hydrogen) atoms. The van der Waals surface area contributed by atoms with Gasteiger partial charge < -0.3 is 28.0 Å². The molecule has 0 aliphatic rings. The van der Waals surface area contributed by atoms with Gasteiger partial charge in [0, 0.05) is 5.56 Å². The molecular weight excluding hydrogens is 508 g/mol. The quantitative estimate of drug-likeness (QED) is 0.112. The molecule has 0 heterocycles. The summed E-state index contributed by atoms with van der Waals surface area (Å²) in [5, 5.41) is 24.0. The second kappa shape index (κ2) is 15.7. The van der Waals surface area contributed by atoms with Crippen molar-refractivity contribution in [2.75, 3.05) is 0 Å². The fraction of sp³-hybridized carbons (Fsp3) is 0.345. The topological polar surface area (TPSA) is 116 Å². The maximum atomic E-state index is 8.25. The number of aryl methyl sites for hydroxylation is 2. The van der Waals surface area contributed by atoms with E-state index < -0.39 is 0 Å². The van der Waals surface area contributed by atoms with E-state index >= 15 is 0 Å².